The molecule has 1 aromatic carbocycles. The largest absolute Gasteiger partial charge is 0.573 e. The summed E-state index contributed by atoms with van der Waals surface area (Å²) in [5.41, 5.74) is 0.128. The summed E-state index contributed by atoms with van der Waals surface area (Å²) in [5.74, 6) is -0.378. The van der Waals surface area contributed by atoms with Crippen LogP contribution in [0.4, 0.5) is 13.2 Å². The maximum Gasteiger partial charge on any atom is 0.573 e. The molecule has 90 valence electrons. The predicted octanol–water partition coefficient (Wildman–Crippen LogP) is 3.79. The van der Waals surface area contributed by atoms with E-state index in [4.69, 9.17) is 0 Å². The van der Waals surface area contributed by atoms with Gasteiger partial charge in [0.2, 0.25) is 0 Å². The van der Waals surface area contributed by atoms with Crippen molar-refractivity contribution in [2.45, 2.75) is 25.8 Å². The monoisotopic (exact) mass is 298 g/mol. The Morgan fingerprint density at radius 1 is 1.44 bits per heavy atom. The third-order valence-corrected chi connectivity index (χ3v) is 2.44. The van der Waals surface area contributed by atoms with Gasteiger partial charge in [-0.05, 0) is 18.6 Å². The van der Waals surface area contributed by atoms with Crippen molar-refractivity contribution in [2.24, 2.45) is 0 Å². The lowest BCUT2D eigenvalue weighted by atomic mass is 10.1. The van der Waals surface area contributed by atoms with Gasteiger partial charge in [-0.1, -0.05) is 28.9 Å². The van der Waals surface area contributed by atoms with E-state index in [0.29, 0.717) is 10.9 Å². The van der Waals surface area contributed by atoms with Crippen LogP contribution in [0.25, 0.3) is 0 Å². The fourth-order valence-corrected chi connectivity index (χ4v) is 1.56. The second-order valence-electron chi connectivity index (χ2n) is 3.15. The molecule has 0 aliphatic carbocycles. The van der Waals surface area contributed by atoms with Crippen LogP contribution in [0.1, 0.15) is 25.0 Å². The fraction of sp³-hybridized carbons (Fsp3) is 0.400. The Kier molecular flexibility index (Phi) is 4.21. The van der Waals surface area contributed by atoms with Gasteiger partial charge in [0, 0.05) is 10.0 Å². The average Bonchev–Trinajstić information content (AvgIpc) is 2.14. The highest BCUT2D eigenvalue weighted by molar-refractivity contribution is 9.10. The van der Waals surface area contributed by atoms with Crippen LogP contribution in [0, 0.1) is 0 Å². The molecule has 1 aromatic rings. The Bertz CT molecular complexity index is 366. The zero-order valence-electron chi connectivity index (χ0n) is 8.38. The van der Waals surface area contributed by atoms with Crippen molar-refractivity contribution in [1.82, 2.24) is 0 Å². The number of hydrogen-bond acceptors (Lipinski definition) is 2. The predicted molar refractivity (Wildman–Crippen MR) is 56.1 cm³/mol. The van der Waals surface area contributed by atoms with Crippen LogP contribution < -0.4 is 4.74 Å². The Morgan fingerprint density at radius 2 is 2.06 bits per heavy atom. The third kappa shape index (κ3) is 3.68. The van der Waals surface area contributed by atoms with Crippen LogP contribution in [-0.4, -0.2) is 11.5 Å². The smallest absolute Gasteiger partial charge is 0.405 e. The van der Waals surface area contributed by atoms with E-state index in [2.05, 4.69) is 20.7 Å². The molecule has 1 atom stereocenters. The van der Waals surface area contributed by atoms with Crippen molar-refractivity contribution in [1.29, 1.82) is 0 Å². The number of alkyl halides is 3. The van der Waals surface area contributed by atoms with Crippen molar-refractivity contribution in [3.8, 4) is 5.75 Å². The summed E-state index contributed by atoms with van der Waals surface area (Å²) >= 11 is 3.05. The van der Waals surface area contributed by atoms with Crippen LogP contribution in [0.5, 0.6) is 5.75 Å². The van der Waals surface area contributed by atoms with E-state index >= 15 is 0 Å². The minimum atomic E-state index is -4.76. The highest BCUT2D eigenvalue weighted by Gasteiger charge is 2.32. The summed E-state index contributed by atoms with van der Waals surface area (Å²) < 4.78 is 40.6. The van der Waals surface area contributed by atoms with Crippen LogP contribution in [0.15, 0.2) is 22.7 Å². The molecule has 0 spiro atoms. The maximum atomic E-state index is 12.1. The number of ether oxygens (including phenoxy) is 1. The van der Waals surface area contributed by atoms with E-state index < -0.39 is 12.5 Å². The molecule has 0 bridgehead atoms. The number of aliphatic hydroxyl groups is 1. The lowest BCUT2D eigenvalue weighted by Gasteiger charge is -2.16. The lowest BCUT2D eigenvalue weighted by Crippen LogP contribution is -2.18. The van der Waals surface area contributed by atoms with Gasteiger partial charge in [-0.3, -0.25) is 0 Å². The van der Waals surface area contributed by atoms with E-state index in [0.717, 1.165) is 0 Å². The van der Waals surface area contributed by atoms with Gasteiger partial charge in [-0.2, -0.15) is 0 Å². The first kappa shape index (κ1) is 13.3. The fourth-order valence-electron chi connectivity index (χ4n) is 1.22. The molecule has 0 saturated carbocycles. The van der Waals surface area contributed by atoms with Gasteiger partial charge >= 0.3 is 6.36 Å². The number of hydrogen-bond donors (Lipinski definition) is 1. The summed E-state index contributed by atoms with van der Waals surface area (Å²) in [5, 5.41) is 9.54. The van der Waals surface area contributed by atoms with Crippen molar-refractivity contribution in [2.75, 3.05) is 0 Å². The summed E-state index contributed by atoms with van der Waals surface area (Å²) in [4.78, 5) is 0. The quantitative estimate of drug-likeness (QED) is 0.920. The first-order chi connectivity index (χ1) is 7.33. The van der Waals surface area contributed by atoms with Gasteiger partial charge < -0.3 is 9.84 Å². The molecule has 0 aliphatic rings. The molecule has 0 amide bonds. The molecule has 1 N–H and O–H groups in total. The number of halogens is 4. The SMILES string of the molecule is CCC(O)c1ccc(Br)cc1OC(F)(F)F. The van der Waals surface area contributed by atoms with Gasteiger partial charge in [0.05, 0.1) is 6.10 Å². The van der Waals surface area contributed by atoms with Gasteiger partial charge in [0.1, 0.15) is 5.75 Å². The zero-order valence-corrected chi connectivity index (χ0v) is 9.97. The normalized spacial score (nSPS) is 13.6. The summed E-state index contributed by atoms with van der Waals surface area (Å²) in [6, 6.07) is 4.14. The number of benzene rings is 1. The van der Waals surface area contributed by atoms with E-state index in [-0.39, 0.29) is 11.3 Å². The molecule has 6 heteroatoms. The van der Waals surface area contributed by atoms with E-state index in [1.807, 2.05) is 0 Å². The van der Waals surface area contributed by atoms with E-state index in [1.54, 1.807) is 13.0 Å². The van der Waals surface area contributed by atoms with Gasteiger partial charge in [0.25, 0.3) is 0 Å². The summed E-state index contributed by atoms with van der Waals surface area (Å²) in [6.45, 7) is 1.67. The minimum Gasteiger partial charge on any atom is -0.405 e. The van der Waals surface area contributed by atoms with Crippen molar-refractivity contribution < 1.29 is 23.0 Å². The molecular weight excluding hydrogens is 289 g/mol. The molecule has 0 aromatic heterocycles. The Hall–Kier alpha value is -0.750. The first-order valence-electron chi connectivity index (χ1n) is 4.56. The Labute approximate surface area is 99.2 Å². The molecule has 0 saturated heterocycles. The molecular formula is C10H10BrF3O2. The molecule has 16 heavy (non-hydrogen) atoms. The zero-order chi connectivity index (χ0) is 12.3. The first-order valence-corrected chi connectivity index (χ1v) is 5.36. The maximum absolute atomic E-state index is 12.1. The average molecular weight is 299 g/mol. The summed E-state index contributed by atoms with van der Waals surface area (Å²) in [7, 11) is 0. The Morgan fingerprint density at radius 3 is 2.56 bits per heavy atom. The van der Waals surface area contributed by atoms with Crippen molar-refractivity contribution in [3.63, 3.8) is 0 Å². The van der Waals surface area contributed by atoms with Crippen LogP contribution in [0.2, 0.25) is 0 Å². The van der Waals surface area contributed by atoms with E-state index in [1.165, 1.54) is 12.1 Å². The standard InChI is InChI=1S/C10H10BrF3O2/c1-2-8(15)7-4-3-6(11)5-9(7)16-10(12,13)14/h3-5,8,15H,2H2,1H3. The highest BCUT2D eigenvalue weighted by atomic mass is 79.9. The van der Waals surface area contributed by atoms with Crippen LogP contribution in [0.3, 0.4) is 0 Å². The Balaban J connectivity index is 3.08. The van der Waals surface area contributed by atoms with Crippen LogP contribution in [-0.2, 0) is 0 Å². The van der Waals surface area contributed by atoms with Gasteiger partial charge in [-0.25, -0.2) is 0 Å². The topological polar surface area (TPSA) is 29.5 Å². The molecule has 0 heterocycles. The summed E-state index contributed by atoms with van der Waals surface area (Å²) in [6.07, 6.45) is -5.41. The third-order valence-electron chi connectivity index (χ3n) is 1.95. The molecule has 1 unspecified atom stereocenters. The minimum absolute atomic E-state index is 0.128. The molecule has 0 aliphatic heterocycles. The van der Waals surface area contributed by atoms with Gasteiger partial charge in [-0.15, -0.1) is 13.2 Å². The molecule has 0 fully saturated rings. The molecule has 2 nitrogen and oxygen atoms in total. The molecule has 1 rings (SSSR count). The van der Waals surface area contributed by atoms with Crippen molar-refractivity contribution >= 4 is 15.9 Å². The van der Waals surface area contributed by atoms with Crippen molar-refractivity contribution in [3.05, 3.63) is 28.2 Å². The number of aliphatic hydroxyl groups excluding tert-OH is 1. The molecule has 0 radical (unpaired) electrons. The highest BCUT2D eigenvalue weighted by Crippen LogP contribution is 2.33. The van der Waals surface area contributed by atoms with Crippen LogP contribution >= 0.6 is 15.9 Å². The second kappa shape index (κ2) is 5.05. The second-order valence-corrected chi connectivity index (χ2v) is 4.07. The van der Waals surface area contributed by atoms with E-state index in [9.17, 15) is 18.3 Å². The number of rotatable bonds is 3. The lowest BCUT2D eigenvalue weighted by molar-refractivity contribution is -0.275. The van der Waals surface area contributed by atoms with Gasteiger partial charge in [0.15, 0.2) is 0 Å².